The summed E-state index contributed by atoms with van der Waals surface area (Å²) in [5.74, 6) is 4.67. The third kappa shape index (κ3) is 3.25. The summed E-state index contributed by atoms with van der Waals surface area (Å²) in [7, 11) is 3.53. The van der Waals surface area contributed by atoms with E-state index in [1.165, 1.54) is 0 Å². The van der Waals surface area contributed by atoms with Crippen molar-refractivity contribution in [1.82, 2.24) is 0 Å². The van der Waals surface area contributed by atoms with Crippen molar-refractivity contribution >= 4 is 95.2 Å². The van der Waals surface area contributed by atoms with Crippen LogP contribution in [0.2, 0.25) is 0 Å². The van der Waals surface area contributed by atoms with E-state index in [1.807, 2.05) is 0 Å². The Morgan fingerprint density at radius 1 is 0.300 bits per heavy atom. The maximum Gasteiger partial charge on any atom is 0.204 e. The molecule has 0 saturated carbocycles. The molecule has 4 rings (SSSR count). The van der Waals surface area contributed by atoms with Crippen molar-refractivity contribution in [3.8, 4) is 34.5 Å². The van der Waals surface area contributed by atoms with Gasteiger partial charge in [-0.25, -0.2) is 0 Å². The monoisotopic (exact) mass is 504 g/mol. The zero-order valence-electron chi connectivity index (χ0n) is 17.9. The largest absolute Gasteiger partial charge is 0.551 e. The minimum Gasteiger partial charge on any atom is -0.551 e. The van der Waals surface area contributed by atoms with E-state index in [0.29, 0.717) is 62.9 Å². The van der Waals surface area contributed by atoms with Crippen molar-refractivity contribution in [3.63, 3.8) is 0 Å². The topological polar surface area (TPSA) is 55.4 Å². The first-order chi connectivity index (χ1) is 14.6. The first-order valence-corrected chi connectivity index (χ1v) is 14.3. The Balaban J connectivity index is 2.29. The predicted molar refractivity (Wildman–Crippen MR) is 142 cm³/mol. The van der Waals surface area contributed by atoms with Crippen LogP contribution in [-0.2, 0) is 0 Å². The molecular formula is C18H24O6Si6. The lowest BCUT2D eigenvalue weighted by Crippen LogP contribution is -1.97. The molecule has 30 heavy (non-hydrogen) atoms. The first kappa shape index (κ1) is 21.0. The molecule has 0 amide bonds. The van der Waals surface area contributed by atoms with Gasteiger partial charge in [0.15, 0.2) is 0 Å². The predicted octanol–water partition coefficient (Wildman–Crippen LogP) is -2.90. The standard InChI is InChI=1S/C18H24O6Si6/c25-19-13-1-7-8(2-14(13)20-26)10-4-17(23-29)18(24-30)6-12(10)11-5-16(22-28)15(21-27)3-9(7)11/h1-6H,25-30H3. The van der Waals surface area contributed by atoms with Gasteiger partial charge in [0.2, 0.25) is 62.9 Å². The Kier molecular flexibility index (Phi) is 5.94. The van der Waals surface area contributed by atoms with E-state index in [-0.39, 0.29) is 0 Å². The zero-order valence-corrected chi connectivity index (χ0v) is 29.9. The smallest absolute Gasteiger partial charge is 0.204 e. The van der Waals surface area contributed by atoms with E-state index >= 15 is 0 Å². The fourth-order valence-corrected chi connectivity index (χ4v) is 5.89. The Labute approximate surface area is 192 Å². The van der Waals surface area contributed by atoms with Gasteiger partial charge in [-0.15, -0.1) is 0 Å². The number of hydrogen-bond acceptors (Lipinski definition) is 6. The Hall–Kier alpha value is -2.24. The van der Waals surface area contributed by atoms with Gasteiger partial charge in [-0.1, -0.05) is 0 Å². The lowest BCUT2D eigenvalue weighted by atomic mass is 9.93. The van der Waals surface area contributed by atoms with Crippen LogP contribution in [0.3, 0.4) is 0 Å². The van der Waals surface area contributed by atoms with E-state index < -0.39 is 0 Å². The second-order valence-corrected chi connectivity index (χ2v) is 9.21. The highest BCUT2D eigenvalue weighted by Gasteiger charge is 2.18. The molecular weight excluding hydrogens is 481 g/mol. The molecule has 4 aromatic carbocycles. The van der Waals surface area contributed by atoms with E-state index in [2.05, 4.69) is 36.4 Å². The molecule has 0 N–H and O–H groups in total. The van der Waals surface area contributed by atoms with Crippen LogP contribution in [0.4, 0.5) is 0 Å². The molecule has 156 valence electrons. The lowest BCUT2D eigenvalue weighted by molar-refractivity contribution is 0.542. The molecule has 0 heterocycles. The van der Waals surface area contributed by atoms with Crippen molar-refractivity contribution < 1.29 is 26.6 Å². The van der Waals surface area contributed by atoms with E-state index in [4.69, 9.17) is 26.6 Å². The van der Waals surface area contributed by atoms with Crippen LogP contribution in [-0.4, -0.2) is 62.9 Å². The highest BCUT2D eigenvalue weighted by Crippen LogP contribution is 2.46. The summed E-state index contributed by atoms with van der Waals surface area (Å²) < 4.78 is 34.5. The molecule has 0 unspecified atom stereocenters. The van der Waals surface area contributed by atoms with Crippen LogP contribution in [0.15, 0.2) is 36.4 Å². The summed E-state index contributed by atoms with van der Waals surface area (Å²) in [5, 5.41) is 6.53. The summed E-state index contributed by atoms with van der Waals surface area (Å²) in [4.78, 5) is 0. The molecule has 0 aromatic heterocycles. The van der Waals surface area contributed by atoms with Crippen LogP contribution in [0, 0.1) is 0 Å². The highest BCUT2D eigenvalue weighted by atomic mass is 28.2. The summed E-state index contributed by atoms with van der Waals surface area (Å²) in [6, 6.07) is 12.5. The lowest BCUT2D eigenvalue weighted by Gasteiger charge is -2.19. The number of benzene rings is 4. The molecule has 0 atom stereocenters. The van der Waals surface area contributed by atoms with Gasteiger partial charge in [-0.05, 0) is 68.7 Å². The van der Waals surface area contributed by atoms with Crippen LogP contribution in [0.1, 0.15) is 0 Å². The van der Waals surface area contributed by atoms with Crippen LogP contribution in [0.5, 0.6) is 34.5 Å². The van der Waals surface area contributed by atoms with Gasteiger partial charge in [-0.3, -0.25) is 0 Å². The number of fused-ring (bicyclic) bond motifs is 6. The fourth-order valence-electron chi connectivity index (χ4n) is 3.97. The van der Waals surface area contributed by atoms with Crippen LogP contribution < -0.4 is 26.6 Å². The molecule has 0 radical (unpaired) electrons. The van der Waals surface area contributed by atoms with Gasteiger partial charge < -0.3 is 26.6 Å². The summed E-state index contributed by atoms with van der Waals surface area (Å²) in [6.07, 6.45) is 0. The van der Waals surface area contributed by atoms with Crippen molar-refractivity contribution in [3.05, 3.63) is 36.4 Å². The van der Waals surface area contributed by atoms with Crippen molar-refractivity contribution in [2.24, 2.45) is 0 Å². The fraction of sp³-hybridized carbons (Fsp3) is 0. The zero-order chi connectivity index (χ0) is 21.4. The highest BCUT2D eigenvalue weighted by molar-refractivity contribution is 6.27. The summed E-state index contributed by atoms with van der Waals surface area (Å²) >= 11 is 0. The SMILES string of the molecule is [SiH3]Oc1cc2c3cc(O[SiH3])c(O[SiH3])cc3c3cc(O[SiH3])c(O[SiH3])cc3c2cc1O[SiH3]. The second kappa shape index (κ2) is 8.48. The summed E-state index contributed by atoms with van der Waals surface area (Å²) in [5.41, 5.74) is 0. The average Bonchev–Trinajstić information content (AvgIpc) is 2.81. The molecule has 12 heteroatoms. The quantitative estimate of drug-likeness (QED) is 0.207. The molecule has 4 aromatic rings. The van der Waals surface area contributed by atoms with Crippen LogP contribution in [0.25, 0.3) is 32.3 Å². The van der Waals surface area contributed by atoms with Gasteiger partial charge >= 0.3 is 0 Å². The van der Waals surface area contributed by atoms with Crippen molar-refractivity contribution in [2.45, 2.75) is 0 Å². The molecule has 0 bridgehead atoms. The number of rotatable bonds is 6. The van der Waals surface area contributed by atoms with E-state index in [0.717, 1.165) is 66.8 Å². The molecule has 0 saturated heterocycles. The van der Waals surface area contributed by atoms with Gasteiger partial charge in [0.25, 0.3) is 0 Å². The summed E-state index contributed by atoms with van der Waals surface area (Å²) in [6.45, 7) is 0. The third-order valence-electron chi connectivity index (χ3n) is 5.44. The third-order valence-corrected chi connectivity index (χ3v) is 8.08. The molecule has 0 aliphatic carbocycles. The Bertz CT molecular complexity index is 999. The molecule has 0 aliphatic rings. The van der Waals surface area contributed by atoms with Crippen molar-refractivity contribution in [2.75, 3.05) is 0 Å². The molecule has 0 fully saturated rings. The maximum absolute atomic E-state index is 5.75. The molecule has 0 spiro atoms. The normalized spacial score (nSPS) is 11.6. The first-order valence-electron chi connectivity index (χ1n) is 9.39. The van der Waals surface area contributed by atoms with Gasteiger partial charge in [-0.2, -0.15) is 0 Å². The average molecular weight is 505 g/mol. The second-order valence-electron chi connectivity index (χ2n) is 6.76. The minimum absolute atomic E-state index is 0.589. The number of hydrogen-bond donors (Lipinski definition) is 0. The van der Waals surface area contributed by atoms with Gasteiger partial charge in [0.1, 0.15) is 34.5 Å². The van der Waals surface area contributed by atoms with Crippen LogP contribution >= 0.6 is 0 Å². The Morgan fingerprint density at radius 2 is 0.433 bits per heavy atom. The van der Waals surface area contributed by atoms with E-state index in [1.54, 1.807) is 0 Å². The van der Waals surface area contributed by atoms with Gasteiger partial charge in [0, 0.05) is 0 Å². The maximum atomic E-state index is 5.75. The molecule has 0 aliphatic heterocycles. The van der Waals surface area contributed by atoms with Gasteiger partial charge in [0.05, 0.1) is 0 Å². The minimum atomic E-state index is 0.589. The Morgan fingerprint density at radius 3 is 0.533 bits per heavy atom. The van der Waals surface area contributed by atoms with Crippen molar-refractivity contribution in [1.29, 1.82) is 0 Å². The van der Waals surface area contributed by atoms with E-state index in [9.17, 15) is 0 Å². The molecule has 6 nitrogen and oxygen atoms in total.